The molecule has 0 spiro atoms. The van der Waals surface area contributed by atoms with Crippen molar-refractivity contribution in [1.82, 2.24) is 0 Å². The Labute approximate surface area is 89.9 Å². The van der Waals surface area contributed by atoms with Crippen molar-refractivity contribution in [2.45, 2.75) is 12.8 Å². The molecule has 14 heavy (non-hydrogen) atoms. The predicted octanol–water partition coefficient (Wildman–Crippen LogP) is 3.90. The van der Waals surface area contributed by atoms with Crippen LogP contribution in [0.15, 0.2) is 30.4 Å². The summed E-state index contributed by atoms with van der Waals surface area (Å²) in [4.78, 5) is 0. The zero-order valence-corrected chi connectivity index (χ0v) is 8.80. The van der Waals surface area contributed by atoms with Gasteiger partial charge in [0.15, 0.2) is 0 Å². The Bertz CT molecular complexity index is 375. The Morgan fingerprint density at radius 1 is 1.36 bits per heavy atom. The number of hydrogen-bond donors (Lipinski definition) is 0. The van der Waals surface area contributed by atoms with Gasteiger partial charge in [0.25, 0.3) is 0 Å². The SMILES string of the molecule is ClCCC=Cc1cccc2c1CC=C2. The second-order valence-corrected chi connectivity index (χ2v) is 3.78. The van der Waals surface area contributed by atoms with E-state index in [9.17, 15) is 0 Å². The lowest BCUT2D eigenvalue weighted by molar-refractivity contribution is 1.24. The molecule has 0 aromatic heterocycles. The number of rotatable bonds is 3. The first-order chi connectivity index (χ1) is 6.92. The van der Waals surface area contributed by atoms with Crippen molar-refractivity contribution in [2.75, 3.05) is 5.88 Å². The van der Waals surface area contributed by atoms with E-state index in [2.05, 4.69) is 42.5 Å². The van der Waals surface area contributed by atoms with Crippen LogP contribution in [0.4, 0.5) is 0 Å². The van der Waals surface area contributed by atoms with Gasteiger partial charge in [-0.15, -0.1) is 11.6 Å². The lowest BCUT2D eigenvalue weighted by Crippen LogP contribution is -1.86. The van der Waals surface area contributed by atoms with Gasteiger partial charge in [0.05, 0.1) is 0 Å². The summed E-state index contributed by atoms with van der Waals surface area (Å²) in [6, 6.07) is 6.43. The minimum Gasteiger partial charge on any atom is -0.126 e. The lowest BCUT2D eigenvalue weighted by Gasteiger charge is -2.03. The van der Waals surface area contributed by atoms with Gasteiger partial charge in [0.1, 0.15) is 0 Å². The molecule has 72 valence electrons. The smallest absolute Gasteiger partial charge is 0.0258 e. The Morgan fingerprint density at radius 3 is 3.14 bits per heavy atom. The quantitative estimate of drug-likeness (QED) is 0.656. The van der Waals surface area contributed by atoms with E-state index in [4.69, 9.17) is 11.6 Å². The fourth-order valence-corrected chi connectivity index (χ4v) is 1.87. The molecule has 0 saturated heterocycles. The average molecular weight is 205 g/mol. The molecule has 0 unspecified atom stereocenters. The molecular weight excluding hydrogens is 192 g/mol. The van der Waals surface area contributed by atoms with E-state index in [1.807, 2.05) is 0 Å². The van der Waals surface area contributed by atoms with Crippen LogP contribution in [-0.4, -0.2) is 5.88 Å². The highest BCUT2D eigenvalue weighted by Gasteiger charge is 2.06. The van der Waals surface area contributed by atoms with Crippen LogP contribution in [0.2, 0.25) is 0 Å². The Hall–Kier alpha value is -1.01. The summed E-state index contributed by atoms with van der Waals surface area (Å²) >= 11 is 5.62. The molecule has 0 radical (unpaired) electrons. The van der Waals surface area contributed by atoms with Gasteiger partial charge in [0, 0.05) is 5.88 Å². The van der Waals surface area contributed by atoms with Crippen LogP contribution in [-0.2, 0) is 6.42 Å². The van der Waals surface area contributed by atoms with Gasteiger partial charge in [-0.25, -0.2) is 0 Å². The minimum atomic E-state index is 0.698. The zero-order valence-electron chi connectivity index (χ0n) is 8.04. The van der Waals surface area contributed by atoms with Crippen molar-refractivity contribution >= 4 is 23.8 Å². The molecule has 1 aromatic carbocycles. The molecule has 0 bridgehead atoms. The van der Waals surface area contributed by atoms with E-state index in [1.165, 1.54) is 16.7 Å². The number of halogens is 1. The summed E-state index contributed by atoms with van der Waals surface area (Å²) < 4.78 is 0. The third-order valence-corrected chi connectivity index (χ3v) is 2.66. The number of fused-ring (bicyclic) bond motifs is 1. The highest BCUT2D eigenvalue weighted by molar-refractivity contribution is 6.17. The molecule has 1 aliphatic carbocycles. The molecule has 1 aliphatic rings. The maximum Gasteiger partial charge on any atom is 0.0258 e. The summed E-state index contributed by atoms with van der Waals surface area (Å²) in [6.07, 6.45) is 10.7. The van der Waals surface area contributed by atoms with E-state index in [1.54, 1.807) is 0 Å². The van der Waals surface area contributed by atoms with E-state index < -0.39 is 0 Å². The molecule has 0 atom stereocenters. The molecule has 0 fully saturated rings. The van der Waals surface area contributed by atoms with E-state index in [-0.39, 0.29) is 0 Å². The molecule has 0 N–H and O–H groups in total. The van der Waals surface area contributed by atoms with Crippen LogP contribution in [0.3, 0.4) is 0 Å². The summed E-state index contributed by atoms with van der Waals surface area (Å²) in [5.74, 6) is 0.698. The highest BCUT2D eigenvalue weighted by atomic mass is 35.5. The third-order valence-electron chi connectivity index (χ3n) is 2.44. The minimum absolute atomic E-state index is 0.698. The van der Waals surface area contributed by atoms with Crippen LogP contribution in [0.25, 0.3) is 12.2 Å². The maximum absolute atomic E-state index is 5.62. The van der Waals surface area contributed by atoms with Gasteiger partial charge >= 0.3 is 0 Å². The normalized spacial score (nSPS) is 13.8. The first kappa shape index (κ1) is 9.54. The van der Waals surface area contributed by atoms with E-state index >= 15 is 0 Å². The third kappa shape index (κ3) is 1.91. The van der Waals surface area contributed by atoms with E-state index in [0.29, 0.717) is 5.88 Å². The number of alkyl halides is 1. The van der Waals surface area contributed by atoms with Gasteiger partial charge in [-0.05, 0) is 29.5 Å². The van der Waals surface area contributed by atoms with Crippen molar-refractivity contribution in [3.63, 3.8) is 0 Å². The second kappa shape index (κ2) is 4.47. The van der Waals surface area contributed by atoms with Gasteiger partial charge < -0.3 is 0 Å². The first-order valence-electron chi connectivity index (χ1n) is 4.93. The lowest BCUT2D eigenvalue weighted by atomic mass is 10.0. The molecular formula is C13H13Cl. The molecule has 0 nitrogen and oxygen atoms in total. The number of benzene rings is 1. The monoisotopic (exact) mass is 204 g/mol. The second-order valence-electron chi connectivity index (χ2n) is 3.40. The average Bonchev–Trinajstić information content (AvgIpc) is 2.67. The topological polar surface area (TPSA) is 0 Å². The molecule has 1 aromatic rings. The predicted molar refractivity (Wildman–Crippen MR) is 63.6 cm³/mol. The molecule has 0 amide bonds. The molecule has 1 heteroatoms. The van der Waals surface area contributed by atoms with Crippen LogP contribution in [0.1, 0.15) is 23.1 Å². The standard InChI is InChI=1S/C13H13Cl/c14-10-2-1-5-11-6-3-7-12-8-4-9-13(11)12/h1,3-8H,2,9-10H2. The summed E-state index contributed by atoms with van der Waals surface area (Å²) in [5, 5.41) is 0. The Balaban J connectivity index is 2.23. The number of hydrogen-bond acceptors (Lipinski definition) is 0. The first-order valence-corrected chi connectivity index (χ1v) is 5.46. The Morgan fingerprint density at radius 2 is 2.29 bits per heavy atom. The zero-order chi connectivity index (χ0) is 9.80. The van der Waals surface area contributed by atoms with Gasteiger partial charge in [0.2, 0.25) is 0 Å². The van der Waals surface area contributed by atoms with Crippen LogP contribution >= 0.6 is 11.6 Å². The molecule has 2 rings (SSSR count). The van der Waals surface area contributed by atoms with Gasteiger partial charge in [-0.2, -0.15) is 0 Å². The van der Waals surface area contributed by atoms with Crippen molar-refractivity contribution in [3.8, 4) is 0 Å². The summed E-state index contributed by atoms with van der Waals surface area (Å²) in [6.45, 7) is 0. The van der Waals surface area contributed by atoms with Crippen molar-refractivity contribution in [3.05, 3.63) is 47.0 Å². The van der Waals surface area contributed by atoms with Crippen LogP contribution in [0.5, 0.6) is 0 Å². The van der Waals surface area contributed by atoms with Crippen LogP contribution < -0.4 is 0 Å². The maximum atomic E-state index is 5.62. The molecule has 0 heterocycles. The van der Waals surface area contributed by atoms with Crippen LogP contribution in [0, 0.1) is 0 Å². The number of allylic oxidation sites excluding steroid dienone is 2. The van der Waals surface area contributed by atoms with Crippen molar-refractivity contribution < 1.29 is 0 Å². The largest absolute Gasteiger partial charge is 0.126 e. The van der Waals surface area contributed by atoms with Gasteiger partial charge in [-0.3, -0.25) is 0 Å². The Kier molecular flexibility index (Phi) is 3.05. The summed E-state index contributed by atoms with van der Waals surface area (Å²) in [7, 11) is 0. The molecule has 0 aliphatic heterocycles. The van der Waals surface area contributed by atoms with Crippen molar-refractivity contribution in [1.29, 1.82) is 0 Å². The van der Waals surface area contributed by atoms with Gasteiger partial charge in [-0.1, -0.05) is 42.5 Å². The fraction of sp³-hybridized carbons (Fsp3) is 0.231. The van der Waals surface area contributed by atoms with Crippen molar-refractivity contribution in [2.24, 2.45) is 0 Å². The van der Waals surface area contributed by atoms with E-state index in [0.717, 1.165) is 12.8 Å². The highest BCUT2D eigenvalue weighted by Crippen LogP contribution is 2.24. The fourth-order valence-electron chi connectivity index (χ4n) is 1.75. The molecule has 0 saturated carbocycles. The summed E-state index contributed by atoms with van der Waals surface area (Å²) in [5.41, 5.74) is 4.13.